The third-order valence-electron chi connectivity index (χ3n) is 2.58. The maximum absolute atomic E-state index is 4.42. The van der Waals surface area contributed by atoms with Gasteiger partial charge in [-0.2, -0.15) is 0 Å². The SMILES string of the molecule is Cc1cc(C)c(NC2=NCCC2)c(Br)c1. The van der Waals surface area contributed by atoms with E-state index in [-0.39, 0.29) is 0 Å². The molecule has 0 aromatic heterocycles. The van der Waals surface area contributed by atoms with E-state index in [1.54, 1.807) is 0 Å². The lowest BCUT2D eigenvalue weighted by molar-refractivity contribution is 0.951. The number of aliphatic imine (C=N–C) groups is 1. The highest BCUT2D eigenvalue weighted by molar-refractivity contribution is 9.10. The van der Waals surface area contributed by atoms with Gasteiger partial charge in [-0.1, -0.05) is 6.07 Å². The van der Waals surface area contributed by atoms with Crippen molar-refractivity contribution in [2.75, 3.05) is 11.9 Å². The Bertz CT molecular complexity index is 387. The first-order valence-corrected chi connectivity index (χ1v) is 6.03. The summed E-state index contributed by atoms with van der Waals surface area (Å²) in [5.74, 6) is 1.11. The van der Waals surface area contributed by atoms with Gasteiger partial charge in [0.05, 0.1) is 5.69 Å². The summed E-state index contributed by atoms with van der Waals surface area (Å²) in [6, 6.07) is 4.31. The van der Waals surface area contributed by atoms with Gasteiger partial charge in [0.25, 0.3) is 0 Å². The monoisotopic (exact) mass is 266 g/mol. The van der Waals surface area contributed by atoms with E-state index in [0.29, 0.717) is 0 Å². The van der Waals surface area contributed by atoms with Gasteiger partial charge in [0.1, 0.15) is 5.84 Å². The van der Waals surface area contributed by atoms with E-state index in [0.717, 1.165) is 29.0 Å². The fourth-order valence-electron chi connectivity index (χ4n) is 1.86. The van der Waals surface area contributed by atoms with Crippen LogP contribution < -0.4 is 5.32 Å². The molecule has 1 aromatic rings. The first kappa shape index (κ1) is 10.7. The van der Waals surface area contributed by atoms with Gasteiger partial charge in [-0.05, 0) is 53.4 Å². The number of nitrogens with one attached hydrogen (secondary N) is 1. The van der Waals surface area contributed by atoms with Crippen LogP contribution in [0.5, 0.6) is 0 Å². The fraction of sp³-hybridized carbons (Fsp3) is 0.417. The first-order valence-electron chi connectivity index (χ1n) is 5.24. The molecule has 15 heavy (non-hydrogen) atoms. The minimum absolute atomic E-state index is 0.963. The largest absolute Gasteiger partial charge is 0.343 e. The van der Waals surface area contributed by atoms with E-state index >= 15 is 0 Å². The Morgan fingerprint density at radius 1 is 1.33 bits per heavy atom. The highest BCUT2D eigenvalue weighted by atomic mass is 79.9. The van der Waals surface area contributed by atoms with Crippen LogP contribution in [0.3, 0.4) is 0 Å². The molecule has 0 spiro atoms. The molecule has 1 heterocycles. The van der Waals surface area contributed by atoms with E-state index in [1.807, 2.05) is 0 Å². The predicted octanol–water partition coefficient (Wildman–Crippen LogP) is 3.67. The van der Waals surface area contributed by atoms with Crippen LogP contribution in [0.2, 0.25) is 0 Å². The van der Waals surface area contributed by atoms with Crippen molar-refractivity contribution in [1.29, 1.82) is 0 Å². The van der Waals surface area contributed by atoms with Crippen LogP contribution in [0.15, 0.2) is 21.6 Å². The Hall–Kier alpha value is -0.830. The van der Waals surface area contributed by atoms with Crippen molar-refractivity contribution < 1.29 is 0 Å². The summed E-state index contributed by atoms with van der Waals surface area (Å²) in [7, 11) is 0. The topological polar surface area (TPSA) is 24.4 Å². The van der Waals surface area contributed by atoms with Crippen LogP contribution in [-0.2, 0) is 0 Å². The highest BCUT2D eigenvalue weighted by Gasteiger charge is 2.10. The quantitative estimate of drug-likeness (QED) is 0.824. The molecule has 0 saturated carbocycles. The number of rotatable bonds is 1. The van der Waals surface area contributed by atoms with E-state index in [4.69, 9.17) is 0 Å². The number of hydrogen-bond acceptors (Lipinski definition) is 2. The van der Waals surface area contributed by atoms with E-state index < -0.39 is 0 Å². The average Bonchev–Trinajstić information content (AvgIpc) is 2.63. The third kappa shape index (κ3) is 2.40. The Morgan fingerprint density at radius 3 is 2.73 bits per heavy atom. The summed E-state index contributed by atoms with van der Waals surface area (Å²) in [4.78, 5) is 4.42. The molecule has 0 atom stereocenters. The van der Waals surface area contributed by atoms with Gasteiger partial charge < -0.3 is 5.32 Å². The second-order valence-electron chi connectivity index (χ2n) is 4.00. The molecule has 80 valence electrons. The zero-order valence-electron chi connectivity index (χ0n) is 9.10. The normalized spacial score (nSPS) is 15.3. The number of hydrogen-bond donors (Lipinski definition) is 1. The maximum Gasteiger partial charge on any atom is 0.101 e. The Balaban J connectivity index is 2.27. The molecule has 3 heteroatoms. The molecule has 0 saturated heterocycles. The van der Waals surface area contributed by atoms with Crippen LogP contribution in [0.1, 0.15) is 24.0 Å². The zero-order chi connectivity index (χ0) is 10.8. The minimum Gasteiger partial charge on any atom is -0.343 e. The molecule has 0 radical (unpaired) electrons. The lowest BCUT2D eigenvalue weighted by Crippen LogP contribution is -2.10. The summed E-state index contributed by atoms with van der Waals surface area (Å²) in [6.07, 6.45) is 2.24. The first-order chi connectivity index (χ1) is 7.16. The van der Waals surface area contributed by atoms with Gasteiger partial charge in [-0.15, -0.1) is 0 Å². The lowest BCUT2D eigenvalue weighted by Gasteiger charge is -2.12. The van der Waals surface area contributed by atoms with Crippen molar-refractivity contribution >= 4 is 27.5 Å². The number of amidine groups is 1. The number of benzene rings is 1. The van der Waals surface area contributed by atoms with Gasteiger partial charge in [0.15, 0.2) is 0 Å². The van der Waals surface area contributed by atoms with Crippen LogP contribution in [0.25, 0.3) is 0 Å². The summed E-state index contributed by atoms with van der Waals surface area (Å²) in [6.45, 7) is 5.19. The second-order valence-corrected chi connectivity index (χ2v) is 4.85. The Morgan fingerprint density at radius 2 is 2.13 bits per heavy atom. The summed E-state index contributed by atoms with van der Waals surface area (Å²) in [5.41, 5.74) is 3.69. The van der Waals surface area contributed by atoms with E-state index in [2.05, 4.69) is 52.2 Å². The Labute approximate surface area is 98.9 Å². The molecule has 2 rings (SSSR count). The molecule has 1 aliphatic heterocycles. The van der Waals surface area contributed by atoms with Gasteiger partial charge >= 0.3 is 0 Å². The Kier molecular flexibility index (Phi) is 3.10. The fourth-order valence-corrected chi connectivity index (χ4v) is 2.63. The van der Waals surface area contributed by atoms with Crippen LogP contribution in [-0.4, -0.2) is 12.4 Å². The van der Waals surface area contributed by atoms with E-state index in [9.17, 15) is 0 Å². The number of anilines is 1. The highest BCUT2D eigenvalue weighted by Crippen LogP contribution is 2.28. The van der Waals surface area contributed by atoms with Gasteiger partial charge in [-0.25, -0.2) is 0 Å². The molecule has 1 N–H and O–H groups in total. The minimum atomic E-state index is 0.963. The predicted molar refractivity (Wildman–Crippen MR) is 68.8 cm³/mol. The van der Waals surface area contributed by atoms with Gasteiger partial charge in [-0.3, -0.25) is 4.99 Å². The summed E-state index contributed by atoms with van der Waals surface area (Å²) >= 11 is 3.59. The number of nitrogens with zero attached hydrogens (tertiary/aromatic N) is 1. The standard InChI is InChI=1S/C12H15BrN2/c1-8-6-9(2)12(10(13)7-8)15-11-4-3-5-14-11/h6-7H,3-5H2,1-2H3,(H,14,15). The molecule has 0 aliphatic carbocycles. The second kappa shape index (κ2) is 4.35. The zero-order valence-corrected chi connectivity index (χ0v) is 10.7. The molecule has 0 fully saturated rings. The molecular formula is C12H15BrN2. The summed E-state index contributed by atoms with van der Waals surface area (Å²) < 4.78 is 1.12. The van der Waals surface area contributed by atoms with Crippen molar-refractivity contribution in [3.63, 3.8) is 0 Å². The van der Waals surface area contributed by atoms with Crippen molar-refractivity contribution in [3.05, 3.63) is 27.7 Å². The lowest BCUT2D eigenvalue weighted by atomic mass is 10.1. The third-order valence-corrected chi connectivity index (χ3v) is 3.20. The van der Waals surface area contributed by atoms with Crippen molar-refractivity contribution in [2.45, 2.75) is 26.7 Å². The number of halogens is 1. The molecule has 1 aliphatic rings. The molecule has 0 amide bonds. The van der Waals surface area contributed by atoms with E-state index in [1.165, 1.54) is 17.5 Å². The molecule has 0 bridgehead atoms. The van der Waals surface area contributed by atoms with Gasteiger partial charge in [0.2, 0.25) is 0 Å². The molecular weight excluding hydrogens is 252 g/mol. The van der Waals surface area contributed by atoms with Crippen LogP contribution in [0.4, 0.5) is 5.69 Å². The van der Waals surface area contributed by atoms with Crippen molar-refractivity contribution in [1.82, 2.24) is 0 Å². The molecule has 2 nitrogen and oxygen atoms in total. The summed E-state index contributed by atoms with van der Waals surface area (Å²) in [5, 5.41) is 3.41. The molecule has 0 unspecified atom stereocenters. The van der Waals surface area contributed by atoms with Gasteiger partial charge in [0, 0.05) is 17.4 Å². The van der Waals surface area contributed by atoms with Crippen LogP contribution >= 0.6 is 15.9 Å². The smallest absolute Gasteiger partial charge is 0.101 e. The average molecular weight is 267 g/mol. The molecule has 1 aromatic carbocycles. The van der Waals surface area contributed by atoms with Crippen LogP contribution in [0, 0.1) is 13.8 Å². The van der Waals surface area contributed by atoms with Crippen molar-refractivity contribution in [2.24, 2.45) is 4.99 Å². The maximum atomic E-state index is 4.42. The number of aryl methyl sites for hydroxylation is 2. The van der Waals surface area contributed by atoms with Crippen molar-refractivity contribution in [3.8, 4) is 0 Å².